The lowest BCUT2D eigenvalue weighted by molar-refractivity contribution is 0.192. The summed E-state index contributed by atoms with van der Waals surface area (Å²) in [5, 5.41) is 3.30. The van der Waals surface area contributed by atoms with Gasteiger partial charge in [0.1, 0.15) is 0 Å². The van der Waals surface area contributed by atoms with Crippen LogP contribution in [0.1, 0.15) is 26.2 Å². The summed E-state index contributed by atoms with van der Waals surface area (Å²) >= 11 is 0. The van der Waals surface area contributed by atoms with Crippen molar-refractivity contribution >= 4 is 5.82 Å². The zero-order valence-electron chi connectivity index (χ0n) is 10.7. The van der Waals surface area contributed by atoms with E-state index in [2.05, 4.69) is 10.3 Å². The molecule has 1 heterocycles. The van der Waals surface area contributed by atoms with Gasteiger partial charge in [0.05, 0.1) is 6.61 Å². The molecular weight excluding hydrogens is 216 g/mol. The number of nitrogens with one attached hydrogen (secondary N) is 1. The third kappa shape index (κ3) is 5.54. The van der Waals surface area contributed by atoms with Gasteiger partial charge in [0, 0.05) is 26.5 Å². The third-order valence-electron chi connectivity index (χ3n) is 2.39. The van der Waals surface area contributed by atoms with Crippen LogP contribution in [0.3, 0.4) is 0 Å². The standard InChI is InChI=1S/C13H22N2O2/c1-3-17-12-8-7-10-15-13(12)14-9-5-4-6-11-16-2/h7-8,10H,3-6,9,11H2,1-2H3,(H,14,15). The molecule has 0 bridgehead atoms. The lowest BCUT2D eigenvalue weighted by Crippen LogP contribution is -2.06. The van der Waals surface area contributed by atoms with Gasteiger partial charge >= 0.3 is 0 Å². The predicted octanol–water partition coefficient (Wildman–Crippen LogP) is 2.71. The quantitative estimate of drug-likeness (QED) is 0.672. The number of methoxy groups -OCH3 is 1. The van der Waals surface area contributed by atoms with E-state index in [-0.39, 0.29) is 0 Å². The molecule has 0 spiro atoms. The topological polar surface area (TPSA) is 43.4 Å². The molecule has 0 aliphatic rings. The zero-order valence-corrected chi connectivity index (χ0v) is 10.7. The van der Waals surface area contributed by atoms with Crippen LogP contribution in [0.2, 0.25) is 0 Å². The van der Waals surface area contributed by atoms with E-state index in [4.69, 9.17) is 9.47 Å². The molecule has 0 atom stereocenters. The van der Waals surface area contributed by atoms with Gasteiger partial charge in [-0.1, -0.05) is 0 Å². The second-order valence-electron chi connectivity index (χ2n) is 3.76. The Morgan fingerprint density at radius 2 is 2.18 bits per heavy atom. The predicted molar refractivity (Wildman–Crippen MR) is 69.6 cm³/mol. The Morgan fingerprint density at radius 3 is 2.94 bits per heavy atom. The van der Waals surface area contributed by atoms with Crippen LogP contribution in [0.4, 0.5) is 5.82 Å². The normalized spacial score (nSPS) is 10.2. The number of hydrogen-bond acceptors (Lipinski definition) is 4. The molecule has 96 valence electrons. The van der Waals surface area contributed by atoms with Crippen molar-refractivity contribution in [2.75, 3.05) is 32.2 Å². The van der Waals surface area contributed by atoms with Crippen molar-refractivity contribution in [3.05, 3.63) is 18.3 Å². The Kier molecular flexibility index (Phi) is 7.14. The van der Waals surface area contributed by atoms with E-state index >= 15 is 0 Å². The van der Waals surface area contributed by atoms with Crippen LogP contribution in [-0.4, -0.2) is 31.9 Å². The number of hydrogen-bond donors (Lipinski definition) is 1. The Hall–Kier alpha value is -1.29. The summed E-state index contributed by atoms with van der Waals surface area (Å²) < 4.78 is 10.5. The summed E-state index contributed by atoms with van der Waals surface area (Å²) in [5.74, 6) is 1.66. The highest BCUT2D eigenvalue weighted by molar-refractivity contribution is 5.49. The van der Waals surface area contributed by atoms with E-state index in [0.29, 0.717) is 6.61 Å². The summed E-state index contributed by atoms with van der Waals surface area (Å²) in [6, 6.07) is 3.82. The Labute approximate surface area is 103 Å². The minimum atomic E-state index is 0.661. The van der Waals surface area contributed by atoms with Gasteiger partial charge in [-0.15, -0.1) is 0 Å². The molecular formula is C13H22N2O2. The van der Waals surface area contributed by atoms with E-state index in [1.807, 2.05) is 19.1 Å². The second-order valence-corrected chi connectivity index (χ2v) is 3.76. The maximum absolute atomic E-state index is 5.49. The molecule has 0 fully saturated rings. The zero-order chi connectivity index (χ0) is 12.3. The molecule has 4 heteroatoms. The first-order valence-corrected chi connectivity index (χ1v) is 6.19. The highest BCUT2D eigenvalue weighted by atomic mass is 16.5. The molecule has 0 saturated carbocycles. The molecule has 0 aromatic carbocycles. The van der Waals surface area contributed by atoms with Crippen LogP contribution in [0.25, 0.3) is 0 Å². The van der Waals surface area contributed by atoms with Crippen molar-refractivity contribution < 1.29 is 9.47 Å². The summed E-state index contributed by atoms with van der Waals surface area (Å²) in [5.41, 5.74) is 0. The van der Waals surface area contributed by atoms with Crippen LogP contribution in [0.5, 0.6) is 5.75 Å². The van der Waals surface area contributed by atoms with Crippen LogP contribution < -0.4 is 10.1 Å². The number of ether oxygens (including phenoxy) is 2. The Bertz CT molecular complexity index is 305. The van der Waals surface area contributed by atoms with Crippen molar-refractivity contribution in [2.24, 2.45) is 0 Å². The van der Waals surface area contributed by atoms with Crippen molar-refractivity contribution in [1.82, 2.24) is 4.98 Å². The van der Waals surface area contributed by atoms with Crippen molar-refractivity contribution in [3.8, 4) is 5.75 Å². The van der Waals surface area contributed by atoms with E-state index in [1.54, 1.807) is 13.3 Å². The van der Waals surface area contributed by atoms with Gasteiger partial charge in [-0.3, -0.25) is 0 Å². The highest BCUT2D eigenvalue weighted by Gasteiger charge is 2.02. The summed E-state index contributed by atoms with van der Waals surface area (Å²) in [4.78, 5) is 4.27. The number of nitrogens with zero attached hydrogens (tertiary/aromatic N) is 1. The van der Waals surface area contributed by atoms with E-state index in [0.717, 1.165) is 44.0 Å². The molecule has 1 rings (SSSR count). The van der Waals surface area contributed by atoms with Gasteiger partial charge in [-0.2, -0.15) is 0 Å². The van der Waals surface area contributed by atoms with Gasteiger partial charge in [-0.25, -0.2) is 4.98 Å². The van der Waals surface area contributed by atoms with Crippen LogP contribution >= 0.6 is 0 Å². The Balaban J connectivity index is 2.25. The second kappa shape index (κ2) is 8.82. The van der Waals surface area contributed by atoms with Gasteiger partial charge < -0.3 is 14.8 Å². The van der Waals surface area contributed by atoms with Gasteiger partial charge in [0.25, 0.3) is 0 Å². The molecule has 0 saturated heterocycles. The van der Waals surface area contributed by atoms with Crippen molar-refractivity contribution in [1.29, 1.82) is 0 Å². The minimum Gasteiger partial charge on any atom is -0.490 e. The monoisotopic (exact) mass is 238 g/mol. The van der Waals surface area contributed by atoms with Crippen LogP contribution in [0, 0.1) is 0 Å². The SMILES string of the molecule is CCOc1cccnc1NCCCCCOC. The first-order chi connectivity index (χ1) is 8.38. The molecule has 0 amide bonds. The van der Waals surface area contributed by atoms with E-state index in [9.17, 15) is 0 Å². The average molecular weight is 238 g/mol. The maximum atomic E-state index is 5.49. The first kappa shape index (κ1) is 13.8. The molecule has 4 nitrogen and oxygen atoms in total. The van der Waals surface area contributed by atoms with Crippen LogP contribution in [0.15, 0.2) is 18.3 Å². The van der Waals surface area contributed by atoms with E-state index < -0.39 is 0 Å². The Morgan fingerprint density at radius 1 is 1.29 bits per heavy atom. The van der Waals surface area contributed by atoms with Crippen LogP contribution in [-0.2, 0) is 4.74 Å². The molecule has 0 radical (unpaired) electrons. The fourth-order valence-corrected chi connectivity index (χ4v) is 1.55. The number of rotatable bonds is 9. The summed E-state index contributed by atoms with van der Waals surface area (Å²) in [7, 11) is 1.74. The number of anilines is 1. The largest absolute Gasteiger partial charge is 0.490 e. The maximum Gasteiger partial charge on any atom is 0.168 e. The van der Waals surface area contributed by atoms with Gasteiger partial charge in [0.15, 0.2) is 11.6 Å². The van der Waals surface area contributed by atoms with Gasteiger partial charge in [-0.05, 0) is 38.3 Å². The lowest BCUT2D eigenvalue weighted by Gasteiger charge is -2.10. The molecule has 17 heavy (non-hydrogen) atoms. The number of pyridine rings is 1. The smallest absolute Gasteiger partial charge is 0.168 e. The van der Waals surface area contributed by atoms with E-state index in [1.165, 1.54) is 0 Å². The third-order valence-corrected chi connectivity index (χ3v) is 2.39. The summed E-state index contributed by atoms with van der Waals surface area (Å²) in [6.07, 6.45) is 5.16. The molecule has 0 unspecified atom stereocenters. The molecule has 1 aromatic rings. The fourth-order valence-electron chi connectivity index (χ4n) is 1.55. The fraction of sp³-hybridized carbons (Fsp3) is 0.615. The molecule has 0 aliphatic carbocycles. The average Bonchev–Trinajstić information content (AvgIpc) is 2.36. The molecule has 1 aromatic heterocycles. The first-order valence-electron chi connectivity index (χ1n) is 6.19. The number of unbranched alkanes of at least 4 members (excludes halogenated alkanes) is 2. The summed E-state index contributed by atoms with van der Waals surface area (Å²) in [6.45, 7) is 4.39. The van der Waals surface area contributed by atoms with Crippen molar-refractivity contribution in [3.63, 3.8) is 0 Å². The van der Waals surface area contributed by atoms with Crippen molar-refractivity contribution in [2.45, 2.75) is 26.2 Å². The molecule has 0 aliphatic heterocycles. The molecule has 1 N–H and O–H groups in total. The minimum absolute atomic E-state index is 0.661. The lowest BCUT2D eigenvalue weighted by atomic mass is 10.2. The highest BCUT2D eigenvalue weighted by Crippen LogP contribution is 2.20. The number of aromatic nitrogens is 1. The van der Waals surface area contributed by atoms with Gasteiger partial charge in [0.2, 0.25) is 0 Å².